The molecule has 5 rings (SSSR count). The van der Waals surface area contributed by atoms with Gasteiger partial charge in [-0.3, -0.25) is 0 Å². The Morgan fingerprint density at radius 3 is 2.03 bits per heavy atom. The Morgan fingerprint density at radius 1 is 0.784 bits per heavy atom. The van der Waals surface area contributed by atoms with Gasteiger partial charge in [0.15, 0.2) is 0 Å². The largest absolute Gasteiger partial charge is 0.487 e. The molecule has 2 aromatic carbocycles. The lowest BCUT2D eigenvalue weighted by molar-refractivity contribution is -0.0964. The summed E-state index contributed by atoms with van der Waals surface area (Å²) in [5.41, 5.74) is -2.05. The Labute approximate surface area is 224 Å². The summed E-state index contributed by atoms with van der Waals surface area (Å²) in [7, 11) is 0. The van der Waals surface area contributed by atoms with Crippen molar-refractivity contribution < 1.29 is 13.5 Å². The molecule has 2 saturated heterocycles. The van der Waals surface area contributed by atoms with Gasteiger partial charge >= 0.3 is 5.57 Å². The van der Waals surface area contributed by atoms with Gasteiger partial charge in [-0.2, -0.15) is 15.0 Å². The van der Waals surface area contributed by atoms with E-state index >= 15 is 0 Å². The Hall–Kier alpha value is -3.11. The number of piperidine rings is 1. The molecule has 8 nitrogen and oxygen atoms in total. The number of hydrogen-bond donors (Lipinski definition) is 1. The second-order valence-electron chi connectivity index (χ2n) is 8.96. The maximum absolute atomic E-state index is 12.9. The molecule has 37 heavy (non-hydrogen) atoms. The number of anilines is 5. The summed E-state index contributed by atoms with van der Waals surface area (Å²) in [6, 6.07) is 13.9. The predicted molar refractivity (Wildman–Crippen MR) is 143 cm³/mol. The van der Waals surface area contributed by atoms with E-state index in [0.717, 1.165) is 62.8 Å². The molecule has 0 amide bonds. The van der Waals surface area contributed by atoms with Crippen LogP contribution < -0.4 is 24.8 Å². The Bertz CT molecular complexity index is 1200. The van der Waals surface area contributed by atoms with Crippen molar-refractivity contribution in [1.82, 2.24) is 15.0 Å². The Morgan fingerprint density at radius 2 is 1.41 bits per heavy atom. The summed E-state index contributed by atoms with van der Waals surface area (Å²) < 4.78 is 30.2. The minimum Gasteiger partial charge on any atom is -0.420 e. The minimum absolute atomic E-state index is 0.0477. The quantitative estimate of drug-likeness (QED) is 0.373. The lowest BCUT2D eigenvalue weighted by atomic mass is 10.1. The van der Waals surface area contributed by atoms with Crippen LogP contribution in [0.25, 0.3) is 0 Å². The van der Waals surface area contributed by atoms with Crippen LogP contribution in [0.5, 0.6) is 5.75 Å². The SMILES string of the molecule is FC(F)(Cl)Oc1ccc(Nc2nc(N3CCCCC3)nc(N3CCN(c4cccc(Cl)c4)CC3)n2)cc1. The summed E-state index contributed by atoms with van der Waals surface area (Å²) >= 11 is 11.0. The molecule has 0 aliphatic carbocycles. The van der Waals surface area contributed by atoms with Gasteiger partial charge in [-0.15, -0.1) is 8.78 Å². The topological polar surface area (TPSA) is 69.7 Å². The van der Waals surface area contributed by atoms with Crippen molar-refractivity contribution in [1.29, 1.82) is 0 Å². The van der Waals surface area contributed by atoms with Crippen molar-refractivity contribution in [3.63, 3.8) is 0 Å². The number of halogens is 4. The number of piperazine rings is 1. The van der Waals surface area contributed by atoms with E-state index in [1.807, 2.05) is 18.2 Å². The fourth-order valence-corrected chi connectivity index (χ4v) is 4.77. The van der Waals surface area contributed by atoms with Crippen LogP contribution in [-0.4, -0.2) is 59.8 Å². The van der Waals surface area contributed by atoms with Crippen LogP contribution in [0.3, 0.4) is 0 Å². The molecule has 196 valence electrons. The summed E-state index contributed by atoms with van der Waals surface area (Å²) in [4.78, 5) is 20.8. The molecule has 3 heterocycles. The maximum Gasteiger partial charge on any atom is 0.487 e. The molecule has 0 bridgehead atoms. The van der Waals surface area contributed by atoms with Gasteiger partial charge in [0.25, 0.3) is 0 Å². The van der Waals surface area contributed by atoms with E-state index in [-0.39, 0.29) is 5.75 Å². The first-order valence-electron chi connectivity index (χ1n) is 12.2. The first-order valence-corrected chi connectivity index (χ1v) is 13.0. The van der Waals surface area contributed by atoms with Crippen LogP contribution >= 0.6 is 23.2 Å². The van der Waals surface area contributed by atoms with Gasteiger partial charge in [-0.1, -0.05) is 17.7 Å². The van der Waals surface area contributed by atoms with Crippen LogP contribution in [0.2, 0.25) is 5.02 Å². The molecular weight excluding hydrogens is 523 g/mol. The van der Waals surface area contributed by atoms with Crippen molar-refractivity contribution in [2.45, 2.75) is 24.8 Å². The zero-order chi connectivity index (χ0) is 25.8. The summed E-state index contributed by atoms with van der Waals surface area (Å²) in [6.45, 7) is 4.89. The second kappa shape index (κ2) is 11.1. The number of hydrogen-bond acceptors (Lipinski definition) is 8. The van der Waals surface area contributed by atoms with E-state index in [1.54, 1.807) is 12.1 Å². The van der Waals surface area contributed by atoms with E-state index < -0.39 is 5.57 Å². The zero-order valence-corrected chi connectivity index (χ0v) is 21.6. The first kappa shape index (κ1) is 25.5. The monoisotopic (exact) mass is 549 g/mol. The normalized spacial score (nSPS) is 16.6. The fraction of sp³-hybridized carbons (Fsp3) is 0.400. The number of nitrogens with zero attached hydrogens (tertiary/aromatic N) is 6. The van der Waals surface area contributed by atoms with Crippen molar-refractivity contribution in [3.8, 4) is 5.75 Å². The molecule has 0 atom stereocenters. The van der Waals surface area contributed by atoms with Gasteiger partial charge in [0, 0.05) is 67.3 Å². The number of ether oxygens (including phenoxy) is 1. The third-order valence-corrected chi connectivity index (χ3v) is 6.64. The van der Waals surface area contributed by atoms with Gasteiger partial charge < -0.3 is 24.8 Å². The van der Waals surface area contributed by atoms with Gasteiger partial charge in [0.2, 0.25) is 17.8 Å². The van der Waals surface area contributed by atoms with Crippen molar-refractivity contribution in [3.05, 3.63) is 53.6 Å². The van der Waals surface area contributed by atoms with Crippen molar-refractivity contribution in [2.24, 2.45) is 0 Å². The highest BCUT2D eigenvalue weighted by Gasteiger charge is 2.27. The molecule has 2 fully saturated rings. The fourth-order valence-electron chi connectivity index (χ4n) is 4.49. The number of aromatic nitrogens is 3. The summed E-state index contributed by atoms with van der Waals surface area (Å²) in [5, 5.41) is 3.89. The molecule has 3 aromatic rings. The van der Waals surface area contributed by atoms with Crippen LogP contribution in [0.15, 0.2) is 48.5 Å². The summed E-state index contributed by atoms with van der Waals surface area (Å²) in [5.74, 6) is 1.57. The molecule has 1 aromatic heterocycles. The van der Waals surface area contributed by atoms with E-state index in [2.05, 4.69) is 35.8 Å². The van der Waals surface area contributed by atoms with E-state index in [0.29, 0.717) is 23.5 Å². The van der Waals surface area contributed by atoms with Crippen molar-refractivity contribution in [2.75, 3.05) is 59.3 Å². The standard InChI is InChI=1S/C25H27Cl2F2N7O/c26-18-5-4-6-20(17-18)34-13-15-36(16-14-34)24-32-22(31-23(33-24)35-11-2-1-3-12-35)30-19-7-9-21(10-8-19)37-25(27,28)29/h4-10,17H,1-3,11-16H2,(H,30,31,32,33). The van der Waals surface area contributed by atoms with E-state index in [1.165, 1.54) is 18.6 Å². The first-order chi connectivity index (χ1) is 17.8. The molecule has 0 spiro atoms. The lowest BCUT2D eigenvalue weighted by Crippen LogP contribution is -2.47. The van der Waals surface area contributed by atoms with Crippen LogP contribution in [0, 0.1) is 0 Å². The molecule has 0 radical (unpaired) electrons. The number of nitrogens with one attached hydrogen (secondary N) is 1. The van der Waals surface area contributed by atoms with Crippen molar-refractivity contribution >= 4 is 52.4 Å². The van der Waals surface area contributed by atoms with Crippen LogP contribution in [0.4, 0.5) is 38.0 Å². The molecule has 0 unspecified atom stereocenters. The number of benzene rings is 2. The zero-order valence-electron chi connectivity index (χ0n) is 20.1. The predicted octanol–water partition coefficient (Wildman–Crippen LogP) is 5.75. The smallest absolute Gasteiger partial charge is 0.420 e. The minimum atomic E-state index is -3.77. The van der Waals surface area contributed by atoms with Gasteiger partial charge in [-0.05, 0) is 61.7 Å². The molecule has 0 saturated carbocycles. The molecule has 2 aliphatic rings. The average Bonchev–Trinajstić information content (AvgIpc) is 2.89. The Balaban J connectivity index is 1.34. The Kier molecular flexibility index (Phi) is 7.66. The summed E-state index contributed by atoms with van der Waals surface area (Å²) in [6.07, 6.45) is 3.38. The average molecular weight is 550 g/mol. The van der Waals surface area contributed by atoms with Gasteiger partial charge in [0.1, 0.15) is 5.75 Å². The molecular formula is C25H27Cl2F2N7O. The van der Waals surface area contributed by atoms with E-state index in [9.17, 15) is 8.78 Å². The third-order valence-electron chi connectivity index (χ3n) is 6.33. The molecule has 2 aliphatic heterocycles. The van der Waals surface area contributed by atoms with Crippen LogP contribution in [-0.2, 0) is 0 Å². The highest BCUT2D eigenvalue weighted by Crippen LogP contribution is 2.28. The number of alkyl halides is 3. The molecule has 1 N–H and O–H groups in total. The van der Waals surface area contributed by atoms with Gasteiger partial charge in [-0.25, -0.2) is 0 Å². The molecule has 12 heteroatoms. The third kappa shape index (κ3) is 6.81. The number of rotatable bonds is 7. The maximum atomic E-state index is 12.9. The van der Waals surface area contributed by atoms with Gasteiger partial charge in [0.05, 0.1) is 0 Å². The lowest BCUT2D eigenvalue weighted by Gasteiger charge is -2.36. The highest BCUT2D eigenvalue weighted by molar-refractivity contribution is 6.30. The van der Waals surface area contributed by atoms with E-state index in [4.69, 9.17) is 33.2 Å². The highest BCUT2D eigenvalue weighted by atomic mass is 35.5. The second-order valence-corrected chi connectivity index (χ2v) is 9.83. The van der Waals surface area contributed by atoms with Crippen LogP contribution in [0.1, 0.15) is 19.3 Å².